The van der Waals surface area contributed by atoms with Crippen LogP contribution in [0.15, 0.2) is 0 Å². The van der Waals surface area contributed by atoms with E-state index in [0.717, 1.165) is 0 Å². The number of sulfonamides is 1. The predicted octanol–water partition coefficient (Wildman–Crippen LogP) is -0.167. The van der Waals surface area contributed by atoms with Gasteiger partial charge in [-0.1, -0.05) is 0 Å². The molecule has 2 rings (SSSR count). The summed E-state index contributed by atoms with van der Waals surface area (Å²) in [5.74, 6) is -0.732. The van der Waals surface area contributed by atoms with E-state index in [1.165, 1.54) is 0 Å². The number of primary sulfonamides is 1. The summed E-state index contributed by atoms with van der Waals surface area (Å²) in [5.41, 5.74) is 0. The molecule has 0 bridgehead atoms. The first-order chi connectivity index (χ1) is 7.94. The molecule has 100 valence electrons. The minimum atomic E-state index is -3.52. The van der Waals surface area contributed by atoms with Crippen molar-refractivity contribution in [2.24, 2.45) is 11.1 Å². The fourth-order valence-corrected chi connectivity index (χ4v) is 2.90. The van der Waals surface area contributed by atoms with E-state index in [1.807, 2.05) is 0 Å². The third-order valence-corrected chi connectivity index (χ3v) is 4.80. The summed E-state index contributed by atoms with van der Waals surface area (Å²) in [6.45, 7) is 3.76. The quantitative estimate of drug-likeness (QED) is 0.765. The lowest BCUT2D eigenvalue weighted by molar-refractivity contribution is -0.240. The van der Waals surface area contributed by atoms with Gasteiger partial charge in [-0.15, -0.1) is 0 Å². The van der Waals surface area contributed by atoms with E-state index in [0.29, 0.717) is 39.3 Å². The molecule has 0 radical (unpaired) electrons. The van der Waals surface area contributed by atoms with Crippen LogP contribution in [0, 0.1) is 5.92 Å². The fraction of sp³-hybridized carbons (Fsp3) is 1.00. The first-order valence-electron chi connectivity index (χ1n) is 5.81. The van der Waals surface area contributed by atoms with Crippen LogP contribution in [0.5, 0.6) is 0 Å². The van der Waals surface area contributed by atoms with Gasteiger partial charge in [0.25, 0.3) is 0 Å². The van der Waals surface area contributed by atoms with Gasteiger partial charge in [0.15, 0.2) is 5.79 Å². The molecule has 6 nitrogen and oxygen atoms in total. The van der Waals surface area contributed by atoms with Crippen molar-refractivity contribution in [2.45, 2.75) is 30.8 Å². The molecule has 1 spiro atoms. The summed E-state index contributed by atoms with van der Waals surface area (Å²) in [6, 6.07) is 0. The highest BCUT2D eigenvalue weighted by Gasteiger charge is 2.47. The van der Waals surface area contributed by atoms with Crippen molar-refractivity contribution >= 4 is 10.0 Å². The van der Waals surface area contributed by atoms with Gasteiger partial charge in [-0.05, 0) is 13.3 Å². The van der Waals surface area contributed by atoms with Crippen molar-refractivity contribution in [1.29, 1.82) is 0 Å². The first-order valence-corrected chi connectivity index (χ1v) is 7.42. The van der Waals surface area contributed by atoms with Crippen molar-refractivity contribution in [2.75, 3.05) is 26.4 Å². The van der Waals surface area contributed by atoms with Crippen LogP contribution in [0.2, 0.25) is 0 Å². The number of nitrogens with two attached hydrogens (primary N) is 1. The second kappa shape index (κ2) is 4.81. The van der Waals surface area contributed by atoms with Gasteiger partial charge < -0.3 is 14.2 Å². The van der Waals surface area contributed by atoms with Gasteiger partial charge >= 0.3 is 0 Å². The highest BCUT2D eigenvalue weighted by atomic mass is 32.2. The van der Waals surface area contributed by atoms with E-state index < -0.39 is 21.1 Å². The van der Waals surface area contributed by atoms with Crippen molar-refractivity contribution in [3.63, 3.8) is 0 Å². The van der Waals surface area contributed by atoms with E-state index in [-0.39, 0.29) is 5.92 Å². The van der Waals surface area contributed by atoms with Crippen LogP contribution in [0.4, 0.5) is 0 Å². The molecule has 2 aliphatic heterocycles. The highest BCUT2D eigenvalue weighted by Crippen LogP contribution is 2.38. The topological polar surface area (TPSA) is 87.8 Å². The van der Waals surface area contributed by atoms with Gasteiger partial charge in [-0.2, -0.15) is 0 Å². The molecule has 2 heterocycles. The zero-order valence-corrected chi connectivity index (χ0v) is 10.7. The van der Waals surface area contributed by atoms with Crippen LogP contribution in [0.1, 0.15) is 19.8 Å². The molecule has 7 heteroatoms. The zero-order chi connectivity index (χ0) is 12.5. The Kier molecular flexibility index (Phi) is 3.74. The SMILES string of the molecule is CC(CC1COCCC12OCCO2)S(N)(=O)=O. The van der Waals surface area contributed by atoms with Gasteiger partial charge in [0, 0.05) is 12.3 Å². The molecule has 2 unspecified atom stereocenters. The summed E-state index contributed by atoms with van der Waals surface area (Å²) >= 11 is 0. The fourth-order valence-electron chi connectivity index (χ4n) is 2.40. The Morgan fingerprint density at radius 3 is 2.59 bits per heavy atom. The smallest absolute Gasteiger partial charge is 0.211 e. The molecule has 0 aliphatic carbocycles. The molecule has 2 fully saturated rings. The van der Waals surface area contributed by atoms with Crippen molar-refractivity contribution in [3.8, 4) is 0 Å². The summed E-state index contributed by atoms with van der Waals surface area (Å²) in [7, 11) is -3.52. The second-order valence-electron chi connectivity index (χ2n) is 4.67. The first kappa shape index (κ1) is 13.2. The molecule has 0 aromatic carbocycles. The Labute approximate surface area is 101 Å². The van der Waals surface area contributed by atoms with Gasteiger partial charge in [0.1, 0.15) is 0 Å². The number of rotatable bonds is 3. The Morgan fingerprint density at radius 1 is 1.35 bits per heavy atom. The molecule has 2 aliphatic rings. The van der Waals surface area contributed by atoms with E-state index in [9.17, 15) is 8.42 Å². The van der Waals surface area contributed by atoms with Crippen molar-refractivity contribution < 1.29 is 22.6 Å². The lowest BCUT2D eigenvalue weighted by Crippen LogP contribution is -2.48. The molecule has 2 atom stereocenters. The molecule has 2 saturated heterocycles. The van der Waals surface area contributed by atoms with Crippen LogP contribution < -0.4 is 5.14 Å². The summed E-state index contributed by atoms with van der Waals surface area (Å²) in [6.07, 6.45) is 1.05. The highest BCUT2D eigenvalue weighted by molar-refractivity contribution is 7.89. The average molecular weight is 265 g/mol. The molecule has 17 heavy (non-hydrogen) atoms. The lowest BCUT2D eigenvalue weighted by Gasteiger charge is -2.39. The summed E-state index contributed by atoms with van der Waals surface area (Å²) < 4.78 is 39.3. The van der Waals surface area contributed by atoms with E-state index in [2.05, 4.69) is 0 Å². The molecule has 0 saturated carbocycles. The normalized spacial score (nSPS) is 30.6. The number of hydrogen-bond acceptors (Lipinski definition) is 5. The van der Waals surface area contributed by atoms with Gasteiger partial charge in [0.2, 0.25) is 10.0 Å². The number of ether oxygens (including phenoxy) is 3. The van der Waals surface area contributed by atoms with E-state index in [4.69, 9.17) is 19.3 Å². The third kappa shape index (κ3) is 2.79. The maximum Gasteiger partial charge on any atom is 0.211 e. The molecule has 0 aromatic heterocycles. The Hall–Kier alpha value is -0.210. The van der Waals surface area contributed by atoms with Crippen LogP contribution in [-0.2, 0) is 24.2 Å². The standard InChI is InChI=1S/C10H19NO5S/c1-8(17(11,12)13)6-9-7-14-3-2-10(9)15-4-5-16-10/h8-9H,2-7H2,1H3,(H2,11,12,13). The molecular weight excluding hydrogens is 246 g/mol. The largest absolute Gasteiger partial charge is 0.381 e. The van der Waals surface area contributed by atoms with Crippen LogP contribution in [0.3, 0.4) is 0 Å². The molecule has 0 amide bonds. The maximum atomic E-state index is 11.3. The minimum Gasteiger partial charge on any atom is -0.381 e. The lowest BCUT2D eigenvalue weighted by atomic mass is 9.90. The minimum absolute atomic E-state index is 0.0768. The van der Waals surface area contributed by atoms with Crippen molar-refractivity contribution in [3.05, 3.63) is 0 Å². The molecule has 0 aromatic rings. The molecular formula is C10H19NO5S. The van der Waals surface area contributed by atoms with Gasteiger partial charge in [-0.3, -0.25) is 0 Å². The monoisotopic (exact) mass is 265 g/mol. The van der Waals surface area contributed by atoms with E-state index in [1.54, 1.807) is 6.92 Å². The number of hydrogen-bond donors (Lipinski definition) is 1. The Morgan fingerprint density at radius 2 is 2.00 bits per heavy atom. The molecule has 2 N–H and O–H groups in total. The zero-order valence-electron chi connectivity index (χ0n) is 9.92. The summed E-state index contributed by atoms with van der Waals surface area (Å²) in [5, 5.41) is 4.52. The predicted molar refractivity (Wildman–Crippen MR) is 60.7 cm³/mol. The van der Waals surface area contributed by atoms with Crippen LogP contribution in [-0.4, -0.2) is 45.9 Å². The third-order valence-electron chi connectivity index (χ3n) is 3.49. The summed E-state index contributed by atoms with van der Waals surface area (Å²) in [4.78, 5) is 0. The van der Waals surface area contributed by atoms with Crippen LogP contribution >= 0.6 is 0 Å². The van der Waals surface area contributed by atoms with E-state index >= 15 is 0 Å². The Balaban J connectivity index is 2.07. The van der Waals surface area contributed by atoms with Crippen molar-refractivity contribution in [1.82, 2.24) is 0 Å². The van der Waals surface area contributed by atoms with Crippen LogP contribution in [0.25, 0.3) is 0 Å². The maximum absolute atomic E-state index is 11.3. The average Bonchev–Trinajstić information content (AvgIpc) is 2.70. The second-order valence-corrected chi connectivity index (χ2v) is 6.65. The van der Waals surface area contributed by atoms with Gasteiger partial charge in [0.05, 0.1) is 31.7 Å². The van der Waals surface area contributed by atoms with Gasteiger partial charge in [-0.25, -0.2) is 13.6 Å². The Bertz CT molecular complexity index is 363.